The number of amides is 1. The van der Waals surface area contributed by atoms with E-state index < -0.39 is 0 Å². The van der Waals surface area contributed by atoms with Crippen LogP contribution < -0.4 is 10.6 Å². The summed E-state index contributed by atoms with van der Waals surface area (Å²) in [5.74, 6) is 1.14. The van der Waals surface area contributed by atoms with E-state index >= 15 is 0 Å². The first-order chi connectivity index (χ1) is 12.7. The number of rotatable bonds is 6. The molecule has 2 aliphatic rings. The van der Waals surface area contributed by atoms with E-state index in [9.17, 15) is 4.79 Å². The number of nitrogens with one attached hydrogen (secondary N) is 2. The fourth-order valence-corrected chi connectivity index (χ4v) is 4.61. The van der Waals surface area contributed by atoms with Gasteiger partial charge in [-0.3, -0.25) is 9.79 Å². The molecule has 1 aliphatic carbocycles. The number of aliphatic imine (C=N–C) groups is 1. The Kier molecular flexibility index (Phi) is 6.83. The number of carbonyl (C=O) groups is 1. The van der Waals surface area contributed by atoms with Gasteiger partial charge in [0.15, 0.2) is 5.96 Å². The van der Waals surface area contributed by atoms with Crippen molar-refractivity contribution in [3.05, 3.63) is 35.4 Å². The maximum atomic E-state index is 11.9. The van der Waals surface area contributed by atoms with Crippen molar-refractivity contribution in [3.63, 3.8) is 0 Å². The summed E-state index contributed by atoms with van der Waals surface area (Å²) < 4.78 is 0. The lowest BCUT2D eigenvalue weighted by atomic mass is 10.1. The molecule has 0 bridgehead atoms. The number of benzene rings is 1. The van der Waals surface area contributed by atoms with E-state index in [1.165, 1.54) is 30.4 Å². The highest BCUT2D eigenvalue weighted by atomic mass is 32.2. The molecule has 0 radical (unpaired) electrons. The van der Waals surface area contributed by atoms with Gasteiger partial charge in [-0.25, -0.2) is 0 Å². The molecule has 26 heavy (non-hydrogen) atoms. The van der Waals surface area contributed by atoms with Crippen LogP contribution in [-0.4, -0.2) is 47.9 Å². The summed E-state index contributed by atoms with van der Waals surface area (Å²) >= 11 is 1.97. The zero-order valence-corrected chi connectivity index (χ0v) is 16.6. The van der Waals surface area contributed by atoms with Gasteiger partial charge in [0.2, 0.25) is 5.91 Å². The molecule has 1 saturated heterocycles. The zero-order valence-electron chi connectivity index (χ0n) is 15.8. The van der Waals surface area contributed by atoms with Crippen molar-refractivity contribution in [2.75, 3.05) is 19.8 Å². The van der Waals surface area contributed by atoms with Crippen LogP contribution in [0.5, 0.6) is 0 Å². The Hall–Kier alpha value is -1.69. The monoisotopic (exact) mass is 374 g/mol. The molecule has 1 heterocycles. The summed E-state index contributed by atoms with van der Waals surface area (Å²) in [6, 6.07) is 8.88. The number of likely N-dealkylation sites (tertiary alicyclic amines) is 1. The molecule has 1 aromatic rings. The van der Waals surface area contributed by atoms with E-state index in [0.29, 0.717) is 19.0 Å². The third-order valence-electron chi connectivity index (χ3n) is 5.38. The SMILES string of the molecule is CN=C(NCc1ccccc1CN1CCCC1=O)NC1CCC(SC)C1. The molecule has 3 rings (SSSR count). The molecule has 6 heteroatoms. The molecule has 1 aromatic carbocycles. The van der Waals surface area contributed by atoms with Crippen LogP contribution in [0.25, 0.3) is 0 Å². The second-order valence-electron chi connectivity index (χ2n) is 7.13. The van der Waals surface area contributed by atoms with Crippen molar-refractivity contribution < 1.29 is 4.79 Å². The predicted octanol–water partition coefficient (Wildman–Crippen LogP) is 2.76. The summed E-state index contributed by atoms with van der Waals surface area (Å²) in [6.45, 7) is 2.30. The van der Waals surface area contributed by atoms with E-state index in [0.717, 1.165) is 30.7 Å². The molecule has 0 aromatic heterocycles. The van der Waals surface area contributed by atoms with Crippen molar-refractivity contribution in [1.82, 2.24) is 15.5 Å². The van der Waals surface area contributed by atoms with Crippen LogP contribution >= 0.6 is 11.8 Å². The van der Waals surface area contributed by atoms with Crippen LogP contribution in [0.3, 0.4) is 0 Å². The summed E-state index contributed by atoms with van der Waals surface area (Å²) in [4.78, 5) is 18.3. The van der Waals surface area contributed by atoms with Crippen LogP contribution in [-0.2, 0) is 17.9 Å². The number of hydrogen-bond donors (Lipinski definition) is 2. The Morgan fingerprint density at radius 3 is 2.77 bits per heavy atom. The van der Waals surface area contributed by atoms with Gasteiger partial charge in [0.1, 0.15) is 0 Å². The standard InChI is InChI=1S/C20H30N4OS/c1-21-20(23-17-9-10-18(12-17)26-2)22-13-15-6-3-4-7-16(15)14-24-11-5-8-19(24)25/h3-4,6-7,17-18H,5,8-14H2,1-2H3,(H2,21,22,23). The molecule has 5 nitrogen and oxygen atoms in total. The molecular weight excluding hydrogens is 344 g/mol. The molecule has 0 spiro atoms. The second kappa shape index (κ2) is 9.31. The van der Waals surface area contributed by atoms with Gasteiger partial charge in [-0.2, -0.15) is 11.8 Å². The predicted molar refractivity (Wildman–Crippen MR) is 109 cm³/mol. The minimum atomic E-state index is 0.273. The number of hydrogen-bond acceptors (Lipinski definition) is 3. The van der Waals surface area contributed by atoms with Crippen LogP contribution in [0, 0.1) is 0 Å². The second-order valence-corrected chi connectivity index (χ2v) is 8.26. The number of carbonyl (C=O) groups excluding carboxylic acids is 1. The minimum absolute atomic E-state index is 0.273. The smallest absolute Gasteiger partial charge is 0.222 e. The van der Waals surface area contributed by atoms with E-state index in [1.54, 1.807) is 0 Å². The number of nitrogens with zero attached hydrogens (tertiary/aromatic N) is 2. The van der Waals surface area contributed by atoms with Gasteiger partial charge in [-0.15, -0.1) is 0 Å². The lowest BCUT2D eigenvalue weighted by Gasteiger charge is -2.20. The van der Waals surface area contributed by atoms with Crippen LogP contribution in [0.4, 0.5) is 0 Å². The molecule has 142 valence electrons. The molecule has 1 saturated carbocycles. The Balaban J connectivity index is 1.55. The van der Waals surface area contributed by atoms with Gasteiger partial charge in [0, 0.05) is 44.4 Å². The molecule has 2 atom stereocenters. The van der Waals surface area contributed by atoms with Crippen molar-refractivity contribution >= 4 is 23.6 Å². The largest absolute Gasteiger partial charge is 0.354 e. The van der Waals surface area contributed by atoms with E-state index in [4.69, 9.17) is 0 Å². The Bertz CT molecular complexity index is 648. The fourth-order valence-electron chi connectivity index (χ4n) is 3.81. The van der Waals surface area contributed by atoms with Crippen LogP contribution in [0.15, 0.2) is 29.3 Å². The maximum Gasteiger partial charge on any atom is 0.222 e. The van der Waals surface area contributed by atoms with Gasteiger partial charge in [-0.05, 0) is 43.1 Å². The molecular formula is C20H30N4OS. The molecule has 2 N–H and O–H groups in total. The van der Waals surface area contributed by atoms with Crippen molar-refractivity contribution in [2.24, 2.45) is 4.99 Å². The highest BCUT2D eigenvalue weighted by Gasteiger charge is 2.24. The molecule has 2 fully saturated rings. The average Bonchev–Trinajstić information content (AvgIpc) is 3.28. The number of thioether (sulfide) groups is 1. The Morgan fingerprint density at radius 1 is 1.31 bits per heavy atom. The normalized spacial score (nSPS) is 23.5. The van der Waals surface area contributed by atoms with Crippen molar-refractivity contribution in [1.29, 1.82) is 0 Å². The van der Waals surface area contributed by atoms with Gasteiger partial charge in [0.05, 0.1) is 0 Å². The topological polar surface area (TPSA) is 56.7 Å². The zero-order chi connectivity index (χ0) is 18.4. The van der Waals surface area contributed by atoms with Gasteiger partial charge < -0.3 is 15.5 Å². The maximum absolute atomic E-state index is 11.9. The van der Waals surface area contributed by atoms with Crippen LogP contribution in [0.2, 0.25) is 0 Å². The van der Waals surface area contributed by atoms with E-state index in [-0.39, 0.29) is 5.91 Å². The minimum Gasteiger partial charge on any atom is -0.354 e. The van der Waals surface area contributed by atoms with E-state index in [2.05, 4.69) is 40.1 Å². The highest BCUT2D eigenvalue weighted by Crippen LogP contribution is 2.28. The summed E-state index contributed by atoms with van der Waals surface area (Å²) in [6.07, 6.45) is 7.56. The summed E-state index contributed by atoms with van der Waals surface area (Å²) in [5.41, 5.74) is 2.44. The fraction of sp³-hybridized carbons (Fsp3) is 0.600. The van der Waals surface area contributed by atoms with Gasteiger partial charge in [0.25, 0.3) is 0 Å². The highest BCUT2D eigenvalue weighted by molar-refractivity contribution is 7.99. The molecule has 2 unspecified atom stereocenters. The quantitative estimate of drug-likeness (QED) is 0.594. The Labute approximate surface area is 161 Å². The number of guanidine groups is 1. The lowest BCUT2D eigenvalue weighted by Crippen LogP contribution is -2.42. The van der Waals surface area contributed by atoms with Crippen molar-refractivity contribution in [3.8, 4) is 0 Å². The summed E-state index contributed by atoms with van der Waals surface area (Å²) in [5, 5.41) is 7.78. The first-order valence-electron chi connectivity index (χ1n) is 9.54. The third kappa shape index (κ3) is 4.93. The van der Waals surface area contributed by atoms with Crippen molar-refractivity contribution in [2.45, 2.75) is 56.5 Å². The summed E-state index contributed by atoms with van der Waals surface area (Å²) in [7, 11) is 1.82. The first kappa shape index (κ1) is 19.1. The average molecular weight is 375 g/mol. The first-order valence-corrected chi connectivity index (χ1v) is 10.8. The van der Waals surface area contributed by atoms with E-state index in [1.807, 2.05) is 29.8 Å². The third-order valence-corrected chi connectivity index (χ3v) is 6.47. The van der Waals surface area contributed by atoms with Gasteiger partial charge >= 0.3 is 0 Å². The Morgan fingerprint density at radius 2 is 2.12 bits per heavy atom. The van der Waals surface area contributed by atoms with Gasteiger partial charge in [-0.1, -0.05) is 24.3 Å². The molecule has 1 amide bonds. The lowest BCUT2D eigenvalue weighted by molar-refractivity contribution is -0.128. The van der Waals surface area contributed by atoms with Crippen LogP contribution in [0.1, 0.15) is 43.2 Å². The molecule has 1 aliphatic heterocycles.